The van der Waals surface area contributed by atoms with E-state index in [1.165, 1.54) is 12.8 Å². The van der Waals surface area contributed by atoms with E-state index in [1.807, 2.05) is 13.8 Å². The second-order valence-corrected chi connectivity index (χ2v) is 5.51. The van der Waals surface area contributed by atoms with E-state index in [9.17, 15) is 4.79 Å². The van der Waals surface area contributed by atoms with E-state index in [4.69, 9.17) is 0 Å². The predicted molar refractivity (Wildman–Crippen MR) is 75.7 cm³/mol. The molecule has 1 fully saturated rings. The first-order valence-electron chi connectivity index (χ1n) is 7.37. The molecule has 1 aliphatic rings. The molecule has 1 amide bonds. The van der Waals surface area contributed by atoms with Gasteiger partial charge in [0.2, 0.25) is 5.91 Å². The number of carbonyl (C=O) groups is 1. The summed E-state index contributed by atoms with van der Waals surface area (Å²) >= 11 is 0. The van der Waals surface area contributed by atoms with Crippen LogP contribution in [0.15, 0.2) is 0 Å². The molecule has 1 atom stereocenters. The van der Waals surface area contributed by atoms with Crippen molar-refractivity contribution in [2.75, 3.05) is 26.2 Å². The maximum atomic E-state index is 11.7. The van der Waals surface area contributed by atoms with E-state index in [-0.39, 0.29) is 11.9 Å². The van der Waals surface area contributed by atoms with E-state index in [2.05, 4.69) is 22.5 Å². The Morgan fingerprint density at radius 2 is 2.22 bits per heavy atom. The number of hydrogen-bond donors (Lipinski definition) is 2. The fourth-order valence-corrected chi connectivity index (χ4v) is 2.55. The molecule has 1 heterocycles. The molecule has 0 saturated carbocycles. The summed E-state index contributed by atoms with van der Waals surface area (Å²) in [5.41, 5.74) is 0. The van der Waals surface area contributed by atoms with Gasteiger partial charge in [-0.2, -0.15) is 0 Å². The molecule has 2 N–H and O–H groups in total. The molecular weight excluding hydrogens is 226 g/mol. The molecule has 0 bridgehead atoms. The quantitative estimate of drug-likeness (QED) is 0.722. The van der Waals surface area contributed by atoms with Crippen molar-refractivity contribution in [1.82, 2.24) is 15.5 Å². The van der Waals surface area contributed by atoms with Crippen LogP contribution in [0.4, 0.5) is 0 Å². The molecule has 4 nitrogen and oxygen atoms in total. The molecule has 0 aliphatic carbocycles. The molecule has 0 aromatic heterocycles. The van der Waals surface area contributed by atoms with Gasteiger partial charge in [-0.15, -0.1) is 0 Å². The van der Waals surface area contributed by atoms with Crippen molar-refractivity contribution in [2.45, 2.75) is 58.5 Å². The van der Waals surface area contributed by atoms with Crippen molar-refractivity contribution in [3.8, 4) is 0 Å². The van der Waals surface area contributed by atoms with Gasteiger partial charge in [0.25, 0.3) is 0 Å². The predicted octanol–water partition coefficient (Wildman–Crippen LogP) is 1.37. The second-order valence-electron chi connectivity index (χ2n) is 5.51. The smallest absolute Gasteiger partial charge is 0.221 e. The highest BCUT2D eigenvalue weighted by molar-refractivity contribution is 5.76. The van der Waals surface area contributed by atoms with Crippen LogP contribution in [0, 0.1) is 0 Å². The first-order chi connectivity index (χ1) is 8.63. The first-order valence-corrected chi connectivity index (χ1v) is 7.37. The minimum atomic E-state index is 0.176. The maximum Gasteiger partial charge on any atom is 0.221 e. The molecule has 0 spiro atoms. The molecule has 0 aromatic carbocycles. The number of carbonyl (C=O) groups excluding carboxylic acids is 1. The molecule has 1 saturated heterocycles. The summed E-state index contributed by atoms with van der Waals surface area (Å²) < 4.78 is 0. The van der Waals surface area contributed by atoms with Crippen LogP contribution in [0.3, 0.4) is 0 Å². The Bertz CT molecular complexity index is 237. The summed E-state index contributed by atoms with van der Waals surface area (Å²) in [6, 6.07) is 0.860. The van der Waals surface area contributed by atoms with Crippen molar-refractivity contribution in [1.29, 1.82) is 0 Å². The van der Waals surface area contributed by atoms with Crippen molar-refractivity contribution < 1.29 is 4.79 Å². The Morgan fingerprint density at radius 1 is 1.44 bits per heavy atom. The zero-order chi connectivity index (χ0) is 13.4. The minimum Gasteiger partial charge on any atom is -0.354 e. The van der Waals surface area contributed by atoms with Gasteiger partial charge in [-0.05, 0) is 46.2 Å². The number of amides is 1. The highest BCUT2D eigenvalue weighted by Crippen LogP contribution is 2.11. The van der Waals surface area contributed by atoms with Crippen molar-refractivity contribution in [3.63, 3.8) is 0 Å². The summed E-state index contributed by atoms with van der Waals surface area (Å²) in [5.74, 6) is 0.176. The van der Waals surface area contributed by atoms with Crippen LogP contribution in [-0.2, 0) is 4.79 Å². The fraction of sp³-hybridized carbons (Fsp3) is 0.929. The fourth-order valence-electron chi connectivity index (χ4n) is 2.55. The summed E-state index contributed by atoms with van der Waals surface area (Å²) in [6.07, 6.45) is 4.29. The van der Waals surface area contributed by atoms with Gasteiger partial charge in [0.15, 0.2) is 0 Å². The molecule has 0 aromatic rings. The van der Waals surface area contributed by atoms with Crippen molar-refractivity contribution >= 4 is 5.91 Å². The molecular formula is C14H29N3O. The van der Waals surface area contributed by atoms with Gasteiger partial charge in [-0.1, -0.05) is 6.92 Å². The summed E-state index contributed by atoms with van der Waals surface area (Å²) in [4.78, 5) is 14.2. The summed E-state index contributed by atoms with van der Waals surface area (Å²) in [5, 5.41) is 6.41. The average molecular weight is 255 g/mol. The number of nitrogens with one attached hydrogen (secondary N) is 2. The van der Waals surface area contributed by atoms with Crippen LogP contribution in [0.25, 0.3) is 0 Å². The van der Waals surface area contributed by atoms with E-state index < -0.39 is 0 Å². The van der Waals surface area contributed by atoms with Crippen LogP contribution in [0.2, 0.25) is 0 Å². The Morgan fingerprint density at radius 3 is 2.78 bits per heavy atom. The average Bonchev–Trinajstić information content (AvgIpc) is 2.34. The monoisotopic (exact) mass is 255 g/mol. The number of rotatable bonds is 7. The lowest BCUT2D eigenvalue weighted by Crippen LogP contribution is -2.47. The van der Waals surface area contributed by atoms with E-state index in [0.29, 0.717) is 12.5 Å². The van der Waals surface area contributed by atoms with Gasteiger partial charge in [0, 0.05) is 31.6 Å². The van der Waals surface area contributed by atoms with Gasteiger partial charge in [-0.3, -0.25) is 9.69 Å². The molecule has 4 heteroatoms. The van der Waals surface area contributed by atoms with Crippen LogP contribution >= 0.6 is 0 Å². The van der Waals surface area contributed by atoms with E-state index in [1.54, 1.807) is 0 Å². The highest BCUT2D eigenvalue weighted by atomic mass is 16.1. The van der Waals surface area contributed by atoms with Gasteiger partial charge in [0.05, 0.1) is 0 Å². The lowest BCUT2D eigenvalue weighted by Gasteiger charge is -2.34. The molecule has 1 unspecified atom stereocenters. The first kappa shape index (κ1) is 15.4. The van der Waals surface area contributed by atoms with Gasteiger partial charge >= 0.3 is 0 Å². The van der Waals surface area contributed by atoms with Gasteiger partial charge < -0.3 is 10.6 Å². The normalized spacial score (nSPS) is 20.4. The van der Waals surface area contributed by atoms with E-state index >= 15 is 0 Å². The Balaban J connectivity index is 2.34. The standard InChI is InChI=1S/C14H29N3O/c1-4-9-17(13-6-5-8-15-11-13)10-7-14(18)16-12(2)3/h12-13,15H,4-11H2,1-3H3,(H,16,18). The topological polar surface area (TPSA) is 44.4 Å². The number of nitrogens with zero attached hydrogens (tertiary/aromatic N) is 1. The number of piperidine rings is 1. The minimum absolute atomic E-state index is 0.176. The zero-order valence-electron chi connectivity index (χ0n) is 12.2. The Hall–Kier alpha value is -0.610. The second kappa shape index (κ2) is 8.48. The van der Waals surface area contributed by atoms with Gasteiger partial charge in [0.1, 0.15) is 0 Å². The Labute approximate surface area is 111 Å². The van der Waals surface area contributed by atoms with Crippen molar-refractivity contribution in [2.24, 2.45) is 0 Å². The molecule has 18 heavy (non-hydrogen) atoms. The third-order valence-corrected chi connectivity index (χ3v) is 3.37. The molecule has 1 rings (SSSR count). The maximum absolute atomic E-state index is 11.7. The molecule has 0 radical (unpaired) electrons. The lowest BCUT2D eigenvalue weighted by atomic mass is 10.1. The summed E-state index contributed by atoms with van der Waals surface area (Å²) in [7, 11) is 0. The van der Waals surface area contributed by atoms with Crippen molar-refractivity contribution in [3.05, 3.63) is 0 Å². The third kappa shape index (κ3) is 5.83. The summed E-state index contributed by atoms with van der Waals surface area (Å²) in [6.45, 7) is 10.4. The van der Waals surface area contributed by atoms with E-state index in [0.717, 1.165) is 32.6 Å². The van der Waals surface area contributed by atoms with Crippen LogP contribution < -0.4 is 10.6 Å². The highest BCUT2D eigenvalue weighted by Gasteiger charge is 2.20. The van der Waals surface area contributed by atoms with Crippen LogP contribution in [0.5, 0.6) is 0 Å². The molecule has 106 valence electrons. The van der Waals surface area contributed by atoms with Gasteiger partial charge in [-0.25, -0.2) is 0 Å². The third-order valence-electron chi connectivity index (χ3n) is 3.37. The SMILES string of the molecule is CCCN(CCC(=O)NC(C)C)C1CCCNC1. The number of hydrogen-bond acceptors (Lipinski definition) is 3. The largest absolute Gasteiger partial charge is 0.354 e. The Kier molecular flexibility index (Phi) is 7.28. The lowest BCUT2D eigenvalue weighted by molar-refractivity contribution is -0.122. The zero-order valence-corrected chi connectivity index (χ0v) is 12.2. The molecule has 1 aliphatic heterocycles. The van der Waals surface area contributed by atoms with Crippen LogP contribution in [0.1, 0.15) is 46.5 Å². The van der Waals surface area contributed by atoms with Crippen LogP contribution in [-0.4, -0.2) is 49.1 Å².